The number of aryl methyl sites for hydroxylation is 1. The van der Waals surface area contributed by atoms with E-state index in [1.165, 1.54) is 36.4 Å². The Morgan fingerprint density at radius 3 is 2.24 bits per heavy atom. The number of nitrogens with zero attached hydrogens (tertiary/aromatic N) is 2. The molecule has 0 spiro atoms. The molecule has 4 rings (SSSR count). The maximum atomic E-state index is 13.1. The Labute approximate surface area is 201 Å². The van der Waals surface area contributed by atoms with E-state index in [0.717, 1.165) is 17.7 Å². The number of hydrogen-bond acceptors (Lipinski definition) is 4. The molecule has 1 aromatic heterocycles. The zero-order chi connectivity index (χ0) is 24.3. The second-order valence-electron chi connectivity index (χ2n) is 7.49. The van der Waals surface area contributed by atoms with Gasteiger partial charge in [-0.3, -0.25) is 9.52 Å². The van der Waals surface area contributed by atoms with Crippen molar-refractivity contribution in [3.05, 3.63) is 113 Å². The summed E-state index contributed by atoms with van der Waals surface area (Å²) in [5, 5.41) is 3.55. The summed E-state index contributed by atoms with van der Waals surface area (Å²) in [5.41, 5.74) is 1.40. The van der Waals surface area contributed by atoms with Gasteiger partial charge in [-0.1, -0.05) is 23.7 Å². The molecule has 4 aromatic rings. The van der Waals surface area contributed by atoms with Gasteiger partial charge in [0.15, 0.2) is 0 Å². The number of rotatable bonds is 7. The molecule has 0 aliphatic rings. The first-order valence-electron chi connectivity index (χ1n) is 10.1. The van der Waals surface area contributed by atoms with Crippen LogP contribution < -0.4 is 10.0 Å². The van der Waals surface area contributed by atoms with Crippen molar-refractivity contribution in [2.75, 3.05) is 4.72 Å². The summed E-state index contributed by atoms with van der Waals surface area (Å²) in [6.07, 6.45) is 3.43. The van der Waals surface area contributed by atoms with E-state index >= 15 is 0 Å². The summed E-state index contributed by atoms with van der Waals surface area (Å²) in [7, 11) is -2.06. The molecular weight excluding hydrogens is 479 g/mol. The number of carbonyl (C=O) groups excluding carboxylic acids is 1. The standard InChI is InChI=1S/C24H20ClFN4O3S/c1-30-15-14-27-23(30)22(16-2-6-18(25)7-3-16)28-24(31)17-4-10-20(11-5-17)29-34(32,33)21-12-8-19(26)9-13-21/h2-15,22,29H,1H3,(H,28,31). The summed E-state index contributed by atoms with van der Waals surface area (Å²) >= 11 is 6.01. The Morgan fingerprint density at radius 2 is 1.65 bits per heavy atom. The van der Waals surface area contributed by atoms with Gasteiger partial charge in [-0.25, -0.2) is 17.8 Å². The lowest BCUT2D eigenvalue weighted by atomic mass is 10.1. The minimum absolute atomic E-state index is 0.0726. The van der Waals surface area contributed by atoms with Crippen LogP contribution in [0.5, 0.6) is 0 Å². The Morgan fingerprint density at radius 1 is 1.00 bits per heavy atom. The average Bonchev–Trinajstić information content (AvgIpc) is 3.24. The molecule has 0 radical (unpaired) electrons. The van der Waals surface area contributed by atoms with Gasteiger partial charge in [0.05, 0.1) is 4.90 Å². The summed E-state index contributed by atoms with van der Waals surface area (Å²) in [6.45, 7) is 0. The highest BCUT2D eigenvalue weighted by molar-refractivity contribution is 7.92. The van der Waals surface area contributed by atoms with Gasteiger partial charge < -0.3 is 9.88 Å². The number of nitrogens with one attached hydrogen (secondary N) is 2. The van der Waals surface area contributed by atoms with Crippen LogP contribution in [0.15, 0.2) is 90.1 Å². The Balaban J connectivity index is 1.52. The third-order valence-corrected chi connectivity index (χ3v) is 6.77. The number of halogens is 2. The number of imidazole rings is 1. The number of benzene rings is 3. The van der Waals surface area contributed by atoms with E-state index in [0.29, 0.717) is 16.4 Å². The van der Waals surface area contributed by atoms with Crippen molar-refractivity contribution < 1.29 is 17.6 Å². The van der Waals surface area contributed by atoms with E-state index < -0.39 is 21.9 Å². The number of carbonyl (C=O) groups is 1. The molecule has 0 aliphatic heterocycles. The molecule has 2 N–H and O–H groups in total. The van der Waals surface area contributed by atoms with Crippen molar-refractivity contribution in [3.8, 4) is 0 Å². The molecule has 1 atom stereocenters. The van der Waals surface area contributed by atoms with E-state index in [4.69, 9.17) is 11.6 Å². The third-order valence-electron chi connectivity index (χ3n) is 5.12. The fourth-order valence-corrected chi connectivity index (χ4v) is 4.52. The van der Waals surface area contributed by atoms with Crippen molar-refractivity contribution in [1.29, 1.82) is 0 Å². The van der Waals surface area contributed by atoms with Gasteiger partial charge in [-0.05, 0) is 66.2 Å². The average molecular weight is 499 g/mol. The summed E-state index contributed by atoms with van der Waals surface area (Å²) in [5.74, 6) is -0.257. The van der Waals surface area contributed by atoms with Gasteiger partial charge in [0.1, 0.15) is 17.7 Å². The van der Waals surface area contributed by atoms with E-state index in [1.54, 1.807) is 24.5 Å². The number of aromatic nitrogens is 2. The van der Waals surface area contributed by atoms with Gasteiger partial charge in [0.2, 0.25) is 0 Å². The van der Waals surface area contributed by atoms with Crippen LogP contribution in [-0.4, -0.2) is 23.9 Å². The zero-order valence-corrected chi connectivity index (χ0v) is 19.5. The van der Waals surface area contributed by atoms with Crippen LogP contribution in [0.4, 0.5) is 10.1 Å². The highest BCUT2D eigenvalue weighted by Gasteiger charge is 2.22. The number of sulfonamides is 1. The molecule has 7 nitrogen and oxygen atoms in total. The molecule has 174 valence electrons. The molecule has 0 fully saturated rings. The first-order chi connectivity index (χ1) is 16.2. The normalized spacial score (nSPS) is 12.2. The lowest BCUT2D eigenvalue weighted by Crippen LogP contribution is -2.31. The maximum absolute atomic E-state index is 13.1. The van der Waals surface area contributed by atoms with E-state index in [2.05, 4.69) is 15.0 Å². The third kappa shape index (κ3) is 5.27. The topological polar surface area (TPSA) is 93.1 Å². The van der Waals surface area contributed by atoms with Crippen LogP contribution in [-0.2, 0) is 17.1 Å². The molecular formula is C24H20ClFN4O3S. The van der Waals surface area contributed by atoms with Crippen LogP contribution in [0.25, 0.3) is 0 Å². The van der Waals surface area contributed by atoms with Crippen molar-refractivity contribution in [3.63, 3.8) is 0 Å². The van der Waals surface area contributed by atoms with Gasteiger partial charge in [0.25, 0.3) is 15.9 Å². The number of hydrogen-bond donors (Lipinski definition) is 2. The minimum atomic E-state index is -3.90. The number of amides is 1. The second-order valence-corrected chi connectivity index (χ2v) is 9.61. The molecule has 0 saturated carbocycles. The highest BCUT2D eigenvalue weighted by atomic mass is 35.5. The predicted octanol–water partition coefficient (Wildman–Crippen LogP) is 4.53. The number of anilines is 1. The molecule has 10 heteroatoms. The summed E-state index contributed by atoms with van der Waals surface area (Å²) < 4.78 is 42.3. The van der Waals surface area contributed by atoms with Crippen molar-refractivity contribution in [1.82, 2.24) is 14.9 Å². The maximum Gasteiger partial charge on any atom is 0.261 e. The van der Waals surface area contributed by atoms with Gasteiger partial charge >= 0.3 is 0 Å². The van der Waals surface area contributed by atoms with Gasteiger partial charge in [-0.15, -0.1) is 0 Å². The van der Waals surface area contributed by atoms with Crippen LogP contribution in [0.3, 0.4) is 0 Å². The van der Waals surface area contributed by atoms with E-state index in [9.17, 15) is 17.6 Å². The molecule has 0 bridgehead atoms. The summed E-state index contributed by atoms with van der Waals surface area (Å²) in [6, 6.07) is 17.0. The van der Waals surface area contributed by atoms with Crippen LogP contribution in [0.2, 0.25) is 5.02 Å². The largest absolute Gasteiger partial charge is 0.338 e. The van der Waals surface area contributed by atoms with E-state index in [1.807, 2.05) is 23.7 Å². The predicted molar refractivity (Wildman–Crippen MR) is 128 cm³/mol. The van der Waals surface area contributed by atoms with Crippen LogP contribution >= 0.6 is 11.6 Å². The molecule has 0 aliphatic carbocycles. The van der Waals surface area contributed by atoms with E-state index in [-0.39, 0.29) is 16.5 Å². The Hall–Kier alpha value is -3.69. The van der Waals surface area contributed by atoms with Crippen molar-refractivity contribution in [2.45, 2.75) is 10.9 Å². The zero-order valence-electron chi connectivity index (χ0n) is 17.9. The molecule has 3 aromatic carbocycles. The fourth-order valence-electron chi connectivity index (χ4n) is 3.34. The molecule has 0 saturated heterocycles. The van der Waals surface area contributed by atoms with Crippen molar-refractivity contribution >= 4 is 33.2 Å². The quantitative estimate of drug-likeness (QED) is 0.391. The summed E-state index contributed by atoms with van der Waals surface area (Å²) in [4.78, 5) is 17.3. The SMILES string of the molecule is Cn1ccnc1C(NC(=O)c1ccc(NS(=O)(=O)c2ccc(F)cc2)cc1)c1ccc(Cl)cc1. The highest BCUT2D eigenvalue weighted by Crippen LogP contribution is 2.23. The Bertz CT molecular complexity index is 1400. The van der Waals surface area contributed by atoms with Crippen LogP contribution in [0.1, 0.15) is 27.8 Å². The molecule has 1 amide bonds. The molecule has 1 heterocycles. The van der Waals surface area contributed by atoms with Gasteiger partial charge in [-0.2, -0.15) is 0 Å². The first-order valence-corrected chi connectivity index (χ1v) is 12.0. The Kier molecular flexibility index (Phi) is 6.67. The van der Waals surface area contributed by atoms with Crippen molar-refractivity contribution in [2.24, 2.45) is 7.05 Å². The van der Waals surface area contributed by atoms with Gasteiger partial charge in [0, 0.05) is 35.7 Å². The van der Waals surface area contributed by atoms with Crippen LogP contribution in [0, 0.1) is 5.82 Å². The minimum Gasteiger partial charge on any atom is -0.338 e. The lowest BCUT2D eigenvalue weighted by Gasteiger charge is -2.19. The molecule has 1 unspecified atom stereocenters. The first kappa shape index (κ1) is 23.5. The second kappa shape index (κ2) is 9.66. The molecule has 34 heavy (non-hydrogen) atoms. The smallest absolute Gasteiger partial charge is 0.261 e. The monoisotopic (exact) mass is 498 g/mol. The lowest BCUT2D eigenvalue weighted by molar-refractivity contribution is 0.0941. The fraction of sp³-hybridized carbons (Fsp3) is 0.0833.